The smallest absolute Gasteiger partial charge is 0.306 e. The summed E-state index contributed by atoms with van der Waals surface area (Å²) in [5.74, 6) is -1.97. The molecule has 57 heavy (non-hydrogen) atoms. The van der Waals surface area contributed by atoms with Gasteiger partial charge in [-0.1, -0.05) is 50.4 Å². The fourth-order valence-corrected chi connectivity index (χ4v) is 11.3. The molecule has 4 heterocycles. The number of esters is 1. The Labute approximate surface area is 342 Å². The Hall–Kier alpha value is -3.51. The molecule has 1 spiro atoms. The average molecular weight is 824 g/mol. The second-order valence-corrected chi connectivity index (χ2v) is 20.5. The van der Waals surface area contributed by atoms with Crippen molar-refractivity contribution in [2.45, 2.75) is 159 Å². The number of halogens is 1. The number of rotatable bonds is 6. The van der Waals surface area contributed by atoms with Gasteiger partial charge in [-0.2, -0.15) is 0 Å². The molecule has 6 aliphatic rings. The molecular formula is C44H58ClN3O8S. The molecule has 3 aliphatic carbocycles. The number of aromatic nitrogens is 1. The number of hydrogen-bond acceptors (Lipinski definition) is 9. The number of allylic oxidation sites excluding steroid dienone is 2. The van der Waals surface area contributed by atoms with Crippen LogP contribution in [0.4, 0.5) is 0 Å². The molecule has 8 rings (SSSR count). The first-order valence-electron chi connectivity index (χ1n) is 20.8. The number of nitrogens with one attached hydrogen (secondary N) is 1. The van der Waals surface area contributed by atoms with E-state index in [9.17, 15) is 27.6 Å². The standard InChI is InChI=1S/C43H54ClN3O8S.CH4/c1-27-38-32(33-22-30(44)15-16-34(33)45-27)17-18-42(55-38)24-35-36(48)25-43(40(51)46-56(52,53)41(2)19-20-41)23-29(43)12-8-5-3-4-7-11-28(39(50)47(35)26-42)21-37(49)54-31-13-9-6-10-14-31;/h8,12,15-16,22,28-29,31,35H,3-7,9-11,13-14,17-21,23-26H2,1-2H3,(H,46,51);1H4/b12-8-;/t28-,29-,35+,42-,43-;/m1./s1. The molecule has 3 saturated carbocycles. The minimum atomic E-state index is -3.94. The van der Waals surface area contributed by atoms with Crippen molar-refractivity contribution in [3.63, 3.8) is 0 Å². The van der Waals surface area contributed by atoms with Crippen molar-refractivity contribution in [1.82, 2.24) is 14.6 Å². The van der Waals surface area contributed by atoms with Crippen molar-refractivity contribution in [1.29, 1.82) is 0 Å². The summed E-state index contributed by atoms with van der Waals surface area (Å²) in [4.78, 5) is 63.7. The summed E-state index contributed by atoms with van der Waals surface area (Å²) >= 11 is 6.41. The van der Waals surface area contributed by atoms with E-state index < -0.39 is 43.7 Å². The highest BCUT2D eigenvalue weighted by Crippen LogP contribution is 2.58. The largest absolute Gasteiger partial charge is 0.483 e. The van der Waals surface area contributed by atoms with E-state index in [1.54, 1.807) is 11.8 Å². The maximum absolute atomic E-state index is 14.9. The fourth-order valence-electron chi connectivity index (χ4n) is 9.75. The summed E-state index contributed by atoms with van der Waals surface area (Å²) in [5.41, 5.74) is 0.348. The molecule has 13 heteroatoms. The van der Waals surface area contributed by atoms with Crippen LogP contribution in [0.15, 0.2) is 30.4 Å². The highest BCUT2D eigenvalue weighted by Gasteiger charge is 2.63. The summed E-state index contributed by atoms with van der Waals surface area (Å²) in [5, 5.41) is 1.49. The van der Waals surface area contributed by atoms with Crippen LogP contribution in [0.25, 0.3) is 10.9 Å². The number of hydrogen-bond donors (Lipinski definition) is 1. The van der Waals surface area contributed by atoms with Gasteiger partial charge in [0.2, 0.25) is 21.8 Å². The quantitative estimate of drug-likeness (QED) is 0.227. The normalized spacial score (nSPS) is 30.7. The van der Waals surface area contributed by atoms with E-state index in [2.05, 4.69) is 4.72 Å². The number of carbonyl (C=O) groups is 4. The van der Waals surface area contributed by atoms with E-state index >= 15 is 0 Å². The van der Waals surface area contributed by atoms with Gasteiger partial charge in [-0.05, 0) is 115 Å². The lowest BCUT2D eigenvalue weighted by atomic mass is 9.85. The first-order chi connectivity index (χ1) is 26.7. The maximum atomic E-state index is 14.9. The molecule has 0 radical (unpaired) electrons. The number of carbonyl (C=O) groups excluding carboxylic acids is 4. The highest BCUT2D eigenvalue weighted by molar-refractivity contribution is 7.91. The lowest BCUT2D eigenvalue weighted by molar-refractivity contribution is -0.155. The van der Waals surface area contributed by atoms with Gasteiger partial charge in [-0.25, -0.2) is 13.4 Å². The lowest BCUT2D eigenvalue weighted by Gasteiger charge is -2.36. The first kappa shape index (κ1) is 41.6. The zero-order valence-electron chi connectivity index (χ0n) is 32.6. The number of pyridine rings is 1. The van der Waals surface area contributed by atoms with Gasteiger partial charge in [0.1, 0.15) is 17.5 Å². The fraction of sp³-hybridized carbons (Fsp3) is 0.659. The Balaban J connectivity index is 0.00000496. The molecule has 1 aromatic heterocycles. The third kappa shape index (κ3) is 8.23. The molecule has 1 saturated heterocycles. The summed E-state index contributed by atoms with van der Waals surface area (Å²) in [7, 11) is -3.94. The topological polar surface area (TPSA) is 149 Å². The van der Waals surface area contributed by atoms with Crippen LogP contribution in [0.3, 0.4) is 0 Å². The van der Waals surface area contributed by atoms with E-state index in [4.69, 9.17) is 26.1 Å². The SMILES string of the molecule is C.Cc1nc2ccc(Cl)cc2c2c1O[C@]1(CC2)C[C@H]2C(=O)C[C@]3(C(=O)NS(=O)(=O)C4(C)CC4)C[C@H]3/C=C\CCCCC[C@H](CC(=O)OC3CCCCC3)C(=O)N2C1. The van der Waals surface area contributed by atoms with E-state index in [-0.39, 0.29) is 62.9 Å². The monoisotopic (exact) mass is 823 g/mol. The van der Waals surface area contributed by atoms with E-state index in [1.165, 1.54) is 0 Å². The van der Waals surface area contributed by atoms with Crippen LogP contribution in [-0.2, 0) is 40.4 Å². The second kappa shape index (κ2) is 15.9. The Morgan fingerprint density at radius 1 is 1.04 bits per heavy atom. The van der Waals surface area contributed by atoms with Crippen molar-refractivity contribution in [2.75, 3.05) is 6.54 Å². The summed E-state index contributed by atoms with van der Waals surface area (Å²) < 4.78 is 40.7. The second-order valence-electron chi connectivity index (χ2n) is 17.8. The molecule has 0 bridgehead atoms. The molecule has 1 N–H and O–H groups in total. The van der Waals surface area contributed by atoms with Gasteiger partial charge in [0.15, 0.2) is 5.78 Å². The maximum Gasteiger partial charge on any atom is 0.306 e. The predicted molar refractivity (Wildman–Crippen MR) is 218 cm³/mol. The van der Waals surface area contributed by atoms with Gasteiger partial charge in [0.05, 0.1) is 40.4 Å². The molecule has 0 unspecified atom stereocenters. The zero-order valence-corrected chi connectivity index (χ0v) is 34.2. The van der Waals surface area contributed by atoms with Gasteiger partial charge in [0, 0.05) is 34.7 Å². The van der Waals surface area contributed by atoms with Gasteiger partial charge in [-0.3, -0.25) is 23.9 Å². The van der Waals surface area contributed by atoms with E-state index in [1.807, 2.05) is 37.3 Å². The lowest BCUT2D eigenvalue weighted by Crippen LogP contribution is -2.48. The van der Waals surface area contributed by atoms with Crippen LogP contribution in [0.5, 0.6) is 5.75 Å². The third-order valence-corrected chi connectivity index (χ3v) is 16.1. The molecule has 11 nitrogen and oxygen atoms in total. The van der Waals surface area contributed by atoms with Crippen molar-refractivity contribution in [3.05, 3.63) is 46.6 Å². The Kier molecular flexibility index (Phi) is 11.6. The van der Waals surface area contributed by atoms with Crippen molar-refractivity contribution in [2.24, 2.45) is 17.3 Å². The number of ketones is 1. The minimum absolute atomic E-state index is 0. The number of aryl methyl sites for hydroxylation is 2. The van der Waals surface area contributed by atoms with Crippen LogP contribution in [0, 0.1) is 24.2 Å². The first-order valence-corrected chi connectivity index (χ1v) is 22.6. The van der Waals surface area contributed by atoms with Gasteiger partial charge >= 0.3 is 5.97 Å². The van der Waals surface area contributed by atoms with E-state index in [0.29, 0.717) is 55.0 Å². The van der Waals surface area contributed by atoms with Crippen LogP contribution < -0.4 is 9.46 Å². The Morgan fingerprint density at radius 3 is 2.53 bits per heavy atom. The molecule has 310 valence electrons. The molecule has 2 aromatic rings. The third-order valence-electron chi connectivity index (χ3n) is 13.7. The number of benzene rings is 1. The highest BCUT2D eigenvalue weighted by atomic mass is 35.5. The molecule has 3 aliphatic heterocycles. The summed E-state index contributed by atoms with van der Waals surface area (Å²) in [6.07, 6.45) is 14.7. The number of sulfonamides is 1. The molecular weight excluding hydrogens is 766 g/mol. The van der Waals surface area contributed by atoms with Crippen LogP contribution in [0.2, 0.25) is 5.02 Å². The van der Waals surface area contributed by atoms with E-state index in [0.717, 1.165) is 74.3 Å². The number of ether oxygens (including phenoxy) is 2. The van der Waals surface area contributed by atoms with Gasteiger partial charge in [0.25, 0.3) is 0 Å². The van der Waals surface area contributed by atoms with Gasteiger partial charge < -0.3 is 14.4 Å². The summed E-state index contributed by atoms with van der Waals surface area (Å²) in [6, 6.07) is 4.66. The Bertz CT molecular complexity index is 2080. The molecule has 1 aromatic carbocycles. The molecule has 2 amide bonds. The average Bonchev–Trinajstić information content (AvgIpc) is 4.06. The van der Waals surface area contributed by atoms with Crippen molar-refractivity contribution < 1.29 is 37.1 Å². The zero-order chi connectivity index (χ0) is 39.5. The minimum Gasteiger partial charge on any atom is -0.483 e. The van der Waals surface area contributed by atoms with Crippen LogP contribution in [-0.4, -0.2) is 70.9 Å². The van der Waals surface area contributed by atoms with Crippen molar-refractivity contribution in [3.8, 4) is 5.75 Å². The predicted octanol–water partition coefficient (Wildman–Crippen LogP) is 7.86. The number of nitrogens with zero attached hydrogens (tertiary/aromatic N) is 2. The van der Waals surface area contributed by atoms with Crippen LogP contribution in [0.1, 0.15) is 135 Å². The summed E-state index contributed by atoms with van der Waals surface area (Å²) in [6.45, 7) is 3.66. The number of Topliss-reactive ketones (excluding diaryl/α,β-unsaturated/α-hetero) is 1. The van der Waals surface area contributed by atoms with Gasteiger partial charge in [-0.15, -0.1) is 0 Å². The van der Waals surface area contributed by atoms with Crippen LogP contribution >= 0.6 is 11.6 Å². The Morgan fingerprint density at radius 2 is 1.77 bits per heavy atom. The molecule has 5 atom stereocenters. The molecule has 4 fully saturated rings. The number of fused-ring (bicyclic) bond motifs is 5. The number of amides is 2. The van der Waals surface area contributed by atoms with Crippen molar-refractivity contribution >= 4 is 56.1 Å².